The summed E-state index contributed by atoms with van der Waals surface area (Å²) in [7, 11) is -1.92. The molecule has 1 N–H and O–H groups in total. The summed E-state index contributed by atoms with van der Waals surface area (Å²) in [6, 6.07) is 6.47. The molecule has 1 rings (SSSR count). The Bertz CT molecular complexity index is 411. The van der Waals surface area contributed by atoms with Crippen LogP contribution in [0.4, 0.5) is 0 Å². The molecule has 84 valence electrons. The highest BCUT2D eigenvalue weighted by Crippen LogP contribution is 2.24. The maximum absolute atomic E-state index is 11.8. The highest BCUT2D eigenvalue weighted by Gasteiger charge is 2.18. The molecule has 1 aromatic carbocycles. The van der Waals surface area contributed by atoms with E-state index in [2.05, 4.69) is 0 Å². The van der Waals surface area contributed by atoms with Crippen LogP contribution in [0.15, 0.2) is 29.2 Å². The third-order valence-corrected chi connectivity index (χ3v) is 3.81. The zero-order valence-corrected chi connectivity index (χ0v) is 9.33. The summed E-state index contributed by atoms with van der Waals surface area (Å²) in [6.45, 7) is -0.131. The van der Waals surface area contributed by atoms with Crippen LogP contribution < -0.4 is 4.74 Å². The summed E-state index contributed by atoms with van der Waals surface area (Å²) in [6.07, 6.45) is 0.236. The van der Waals surface area contributed by atoms with Crippen LogP contribution in [-0.2, 0) is 9.84 Å². The maximum Gasteiger partial charge on any atom is 0.182 e. The summed E-state index contributed by atoms with van der Waals surface area (Å²) in [5.74, 6) is 0.277. The standard InChI is InChI=1S/C10H14O4S/c1-14-9-5-2-3-6-10(9)15(12,13)8-4-7-11/h2-3,5-6,11H,4,7-8H2,1H3. The van der Waals surface area contributed by atoms with Crippen molar-refractivity contribution in [3.8, 4) is 5.75 Å². The quantitative estimate of drug-likeness (QED) is 0.814. The number of benzene rings is 1. The van der Waals surface area contributed by atoms with Gasteiger partial charge >= 0.3 is 0 Å². The number of rotatable bonds is 5. The number of methoxy groups -OCH3 is 1. The molecule has 0 heterocycles. The van der Waals surface area contributed by atoms with Gasteiger partial charge < -0.3 is 9.84 Å². The molecule has 0 amide bonds. The second-order valence-electron chi connectivity index (χ2n) is 3.05. The van der Waals surface area contributed by atoms with Gasteiger partial charge in [0.05, 0.1) is 12.9 Å². The Morgan fingerprint density at radius 1 is 1.33 bits per heavy atom. The van der Waals surface area contributed by atoms with Crippen LogP contribution in [0.25, 0.3) is 0 Å². The van der Waals surface area contributed by atoms with Crippen molar-refractivity contribution >= 4 is 9.84 Å². The number of sulfone groups is 1. The number of aliphatic hydroxyl groups is 1. The fourth-order valence-electron chi connectivity index (χ4n) is 1.24. The summed E-state index contributed by atoms with van der Waals surface area (Å²) in [5, 5.41) is 8.61. The molecule has 15 heavy (non-hydrogen) atoms. The van der Waals surface area contributed by atoms with E-state index in [0.29, 0.717) is 5.75 Å². The van der Waals surface area contributed by atoms with Crippen LogP contribution >= 0.6 is 0 Å². The Labute approximate surface area is 89.4 Å². The molecule has 0 aromatic heterocycles. The molecule has 0 radical (unpaired) electrons. The highest BCUT2D eigenvalue weighted by molar-refractivity contribution is 7.91. The van der Waals surface area contributed by atoms with E-state index in [-0.39, 0.29) is 23.7 Å². The van der Waals surface area contributed by atoms with Crippen molar-refractivity contribution in [2.75, 3.05) is 19.5 Å². The molecule has 1 aromatic rings. The Balaban J connectivity index is 3.04. The fourth-order valence-corrected chi connectivity index (χ4v) is 2.71. The molecule has 0 atom stereocenters. The first-order chi connectivity index (χ1) is 7.11. The number of para-hydroxylation sites is 1. The fraction of sp³-hybridized carbons (Fsp3) is 0.400. The predicted octanol–water partition coefficient (Wildman–Crippen LogP) is 0.851. The second kappa shape index (κ2) is 5.14. The SMILES string of the molecule is COc1ccccc1S(=O)(=O)CCCO. The summed E-state index contributed by atoms with van der Waals surface area (Å²) in [5.41, 5.74) is 0. The van der Waals surface area contributed by atoms with Crippen molar-refractivity contribution in [3.63, 3.8) is 0 Å². The van der Waals surface area contributed by atoms with Crippen molar-refractivity contribution in [3.05, 3.63) is 24.3 Å². The van der Waals surface area contributed by atoms with Crippen molar-refractivity contribution < 1.29 is 18.3 Å². The third-order valence-electron chi connectivity index (χ3n) is 1.98. The van der Waals surface area contributed by atoms with Gasteiger partial charge in [0, 0.05) is 6.61 Å². The lowest BCUT2D eigenvalue weighted by atomic mass is 10.3. The molecule has 4 nitrogen and oxygen atoms in total. The Kier molecular flexibility index (Phi) is 4.11. The van der Waals surface area contributed by atoms with Gasteiger partial charge in [-0.2, -0.15) is 0 Å². The van der Waals surface area contributed by atoms with Gasteiger partial charge in [-0.05, 0) is 18.6 Å². The lowest BCUT2D eigenvalue weighted by Crippen LogP contribution is -2.09. The first-order valence-electron chi connectivity index (χ1n) is 4.58. The third kappa shape index (κ3) is 2.94. The summed E-state index contributed by atoms with van der Waals surface area (Å²) < 4.78 is 28.5. The molecule has 0 aliphatic heterocycles. The van der Waals surface area contributed by atoms with E-state index in [4.69, 9.17) is 9.84 Å². The van der Waals surface area contributed by atoms with Crippen LogP contribution in [-0.4, -0.2) is 33.0 Å². The zero-order valence-electron chi connectivity index (χ0n) is 8.51. The van der Waals surface area contributed by atoms with Gasteiger partial charge in [-0.15, -0.1) is 0 Å². The van der Waals surface area contributed by atoms with E-state index in [1.54, 1.807) is 18.2 Å². The van der Waals surface area contributed by atoms with Crippen molar-refractivity contribution in [2.24, 2.45) is 0 Å². The van der Waals surface area contributed by atoms with Crippen molar-refractivity contribution in [1.29, 1.82) is 0 Å². The largest absolute Gasteiger partial charge is 0.495 e. The van der Waals surface area contributed by atoms with Crippen LogP contribution in [0.3, 0.4) is 0 Å². The van der Waals surface area contributed by atoms with E-state index >= 15 is 0 Å². The predicted molar refractivity (Wildman–Crippen MR) is 56.7 cm³/mol. The van der Waals surface area contributed by atoms with Crippen LogP contribution in [0, 0.1) is 0 Å². The lowest BCUT2D eigenvalue weighted by Gasteiger charge is -2.08. The van der Waals surface area contributed by atoms with Crippen LogP contribution in [0.2, 0.25) is 0 Å². The average molecular weight is 230 g/mol. The van der Waals surface area contributed by atoms with Gasteiger partial charge in [0.2, 0.25) is 0 Å². The maximum atomic E-state index is 11.8. The molecule has 5 heteroatoms. The topological polar surface area (TPSA) is 63.6 Å². The normalized spacial score (nSPS) is 11.3. The minimum absolute atomic E-state index is 0.0656. The van der Waals surface area contributed by atoms with Gasteiger partial charge in [0.15, 0.2) is 9.84 Å². The van der Waals surface area contributed by atoms with E-state index in [0.717, 1.165) is 0 Å². The number of aliphatic hydroxyl groups excluding tert-OH is 1. The smallest absolute Gasteiger partial charge is 0.182 e. The van der Waals surface area contributed by atoms with Gasteiger partial charge in [0.25, 0.3) is 0 Å². The molecule has 0 aliphatic rings. The first-order valence-corrected chi connectivity index (χ1v) is 6.23. The zero-order chi connectivity index (χ0) is 11.3. The monoisotopic (exact) mass is 230 g/mol. The van der Waals surface area contributed by atoms with E-state index in [9.17, 15) is 8.42 Å². The number of ether oxygens (including phenoxy) is 1. The highest BCUT2D eigenvalue weighted by atomic mass is 32.2. The van der Waals surface area contributed by atoms with Crippen LogP contribution in [0.5, 0.6) is 5.75 Å². The molecular formula is C10H14O4S. The van der Waals surface area contributed by atoms with E-state index in [1.807, 2.05) is 0 Å². The van der Waals surface area contributed by atoms with Crippen molar-refractivity contribution in [1.82, 2.24) is 0 Å². The number of hydrogen-bond acceptors (Lipinski definition) is 4. The molecule has 0 saturated heterocycles. The van der Waals surface area contributed by atoms with E-state index < -0.39 is 9.84 Å². The molecule has 0 saturated carbocycles. The Morgan fingerprint density at radius 3 is 2.60 bits per heavy atom. The van der Waals surface area contributed by atoms with Crippen LogP contribution in [0.1, 0.15) is 6.42 Å². The second-order valence-corrected chi connectivity index (χ2v) is 5.12. The minimum atomic E-state index is -3.35. The van der Waals surface area contributed by atoms with Gasteiger partial charge in [-0.3, -0.25) is 0 Å². The molecule has 0 unspecified atom stereocenters. The number of hydrogen-bond donors (Lipinski definition) is 1. The molecular weight excluding hydrogens is 216 g/mol. The molecule has 0 bridgehead atoms. The Morgan fingerprint density at radius 2 is 2.00 bits per heavy atom. The first kappa shape index (κ1) is 12.0. The summed E-state index contributed by atoms with van der Waals surface area (Å²) in [4.78, 5) is 0.181. The van der Waals surface area contributed by atoms with Gasteiger partial charge in [-0.1, -0.05) is 12.1 Å². The van der Waals surface area contributed by atoms with Gasteiger partial charge in [0.1, 0.15) is 10.6 Å². The van der Waals surface area contributed by atoms with Gasteiger partial charge in [-0.25, -0.2) is 8.42 Å². The lowest BCUT2D eigenvalue weighted by molar-refractivity contribution is 0.295. The molecule has 0 fully saturated rings. The van der Waals surface area contributed by atoms with E-state index in [1.165, 1.54) is 13.2 Å². The Hall–Kier alpha value is -1.07. The minimum Gasteiger partial charge on any atom is -0.495 e. The molecule has 0 aliphatic carbocycles. The summed E-state index contributed by atoms with van der Waals surface area (Å²) >= 11 is 0. The average Bonchev–Trinajstić information content (AvgIpc) is 2.26. The van der Waals surface area contributed by atoms with Crippen molar-refractivity contribution in [2.45, 2.75) is 11.3 Å². The molecule has 0 spiro atoms.